The second kappa shape index (κ2) is 10.5. The maximum absolute atomic E-state index is 12.9. The van der Waals surface area contributed by atoms with Crippen LogP contribution in [0.2, 0.25) is 0 Å². The first kappa shape index (κ1) is 23.4. The summed E-state index contributed by atoms with van der Waals surface area (Å²) in [6.45, 7) is 0.720. The fourth-order valence-electron chi connectivity index (χ4n) is 4.52. The highest BCUT2D eigenvalue weighted by Crippen LogP contribution is 2.33. The van der Waals surface area contributed by atoms with Crippen molar-refractivity contribution >= 4 is 17.8 Å². The molecule has 4 amide bonds. The van der Waals surface area contributed by atoms with E-state index < -0.39 is 12.1 Å². The Balaban J connectivity index is 1.15. The van der Waals surface area contributed by atoms with Gasteiger partial charge in [-0.05, 0) is 35.2 Å². The normalized spacial score (nSPS) is 16.4. The van der Waals surface area contributed by atoms with Gasteiger partial charge in [0.2, 0.25) is 12.7 Å². The van der Waals surface area contributed by atoms with Crippen LogP contribution in [0.25, 0.3) is 0 Å². The van der Waals surface area contributed by atoms with Gasteiger partial charge in [-0.15, -0.1) is 0 Å². The molecule has 3 aromatic carbocycles. The van der Waals surface area contributed by atoms with Crippen molar-refractivity contribution < 1.29 is 23.9 Å². The number of benzene rings is 3. The number of rotatable bonds is 9. The molecule has 0 aromatic heterocycles. The monoisotopic (exact) mass is 485 g/mol. The first-order valence-corrected chi connectivity index (χ1v) is 12.0. The van der Waals surface area contributed by atoms with Crippen molar-refractivity contribution in [3.8, 4) is 11.5 Å². The first-order chi connectivity index (χ1) is 17.6. The van der Waals surface area contributed by atoms with Crippen LogP contribution in [0.15, 0.2) is 78.9 Å². The number of urea groups is 1. The highest BCUT2D eigenvalue weighted by atomic mass is 16.7. The lowest BCUT2D eigenvalue weighted by atomic mass is 9.91. The molecule has 0 aliphatic carbocycles. The molecule has 1 fully saturated rings. The van der Waals surface area contributed by atoms with E-state index in [4.69, 9.17) is 9.47 Å². The quantitative estimate of drug-likeness (QED) is 0.452. The van der Waals surface area contributed by atoms with Gasteiger partial charge >= 0.3 is 6.03 Å². The number of hydrogen-bond donors (Lipinski definition) is 2. The topological polar surface area (TPSA) is 97.0 Å². The summed E-state index contributed by atoms with van der Waals surface area (Å²) in [5, 5.41) is 5.70. The summed E-state index contributed by atoms with van der Waals surface area (Å²) in [4.78, 5) is 39.1. The lowest BCUT2D eigenvalue weighted by Crippen LogP contribution is -2.33. The van der Waals surface area contributed by atoms with Crippen LogP contribution in [0.5, 0.6) is 11.5 Å². The Labute approximate surface area is 209 Å². The van der Waals surface area contributed by atoms with Gasteiger partial charge in [0.15, 0.2) is 11.5 Å². The Bertz CT molecular complexity index is 1210. The maximum Gasteiger partial charge on any atom is 0.325 e. The Kier molecular flexibility index (Phi) is 6.84. The predicted molar refractivity (Wildman–Crippen MR) is 132 cm³/mol. The summed E-state index contributed by atoms with van der Waals surface area (Å²) in [6, 6.07) is 24.2. The van der Waals surface area contributed by atoms with Gasteiger partial charge in [-0.25, -0.2) is 4.79 Å². The molecule has 3 aromatic rings. The van der Waals surface area contributed by atoms with Gasteiger partial charge in [0.1, 0.15) is 6.04 Å². The summed E-state index contributed by atoms with van der Waals surface area (Å²) < 4.78 is 10.7. The molecule has 0 radical (unpaired) electrons. The fourth-order valence-corrected chi connectivity index (χ4v) is 4.52. The van der Waals surface area contributed by atoms with Crippen molar-refractivity contribution in [1.29, 1.82) is 0 Å². The molecule has 0 bridgehead atoms. The molecule has 8 nitrogen and oxygen atoms in total. The van der Waals surface area contributed by atoms with Gasteiger partial charge in [0, 0.05) is 18.9 Å². The number of nitrogens with zero attached hydrogens (tertiary/aromatic N) is 1. The van der Waals surface area contributed by atoms with Crippen LogP contribution in [0.3, 0.4) is 0 Å². The van der Waals surface area contributed by atoms with E-state index in [0.29, 0.717) is 18.0 Å². The average molecular weight is 486 g/mol. The lowest BCUT2D eigenvalue weighted by molar-refractivity contribution is -0.128. The number of hydrogen-bond acceptors (Lipinski definition) is 5. The van der Waals surface area contributed by atoms with Crippen LogP contribution in [0.4, 0.5) is 4.79 Å². The largest absolute Gasteiger partial charge is 0.454 e. The minimum atomic E-state index is -0.726. The van der Waals surface area contributed by atoms with Gasteiger partial charge in [-0.3, -0.25) is 14.5 Å². The molecule has 0 saturated carbocycles. The van der Waals surface area contributed by atoms with E-state index in [0.717, 1.165) is 16.7 Å². The molecule has 5 rings (SSSR count). The smallest absolute Gasteiger partial charge is 0.325 e. The Morgan fingerprint density at radius 2 is 1.61 bits per heavy atom. The molecular weight excluding hydrogens is 458 g/mol. The van der Waals surface area contributed by atoms with E-state index >= 15 is 0 Å². The standard InChI is InChI=1S/C28H27N3O5/c32-26(29-16-22(20-7-3-1-4-8-20)21-9-5-2-6-10-21)14-12-23-27(33)31(28(34)30-23)17-19-11-13-24-25(15-19)36-18-35-24/h1-11,13,15,22-23H,12,14,16-18H2,(H,29,32)(H,30,34). The predicted octanol–water partition coefficient (Wildman–Crippen LogP) is 3.56. The first-order valence-electron chi connectivity index (χ1n) is 12.0. The SMILES string of the molecule is O=C(CCC1NC(=O)N(Cc2ccc3c(c2)OCO3)C1=O)NCC(c1ccccc1)c1ccccc1. The van der Waals surface area contributed by atoms with Crippen molar-refractivity contribution in [1.82, 2.24) is 15.5 Å². The third-order valence-electron chi connectivity index (χ3n) is 6.45. The number of imide groups is 1. The highest BCUT2D eigenvalue weighted by molar-refractivity contribution is 6.04. The summed E-state index contributed by atoms with van der Waals surface area (Å²) in [7, 11) is 0. The van der Waals surface area contributed by atoms with Crippen molar-refractivity contribution in [3.05, 3.63) is 95.6 Å². The molecule has 1 atom stereocenters. The third-order valence-corrected chi connectivity index (χ3v) is 6.45. The molecule has 36 heavy (non-hydrogen) atoms. The summed E-state index contributed by atoms with van der Waals surface area (Å²) in [6.07, 6.45) is 0.361. The van der Waals surface area contributed by atoms with E-state index in [1.165, 1.54) is 4.90 Å². The van der Waals surface area contributed by atoms with Crippen molar-refractivity contribution in [2.45, 2.75) is 31.3 Å². The van der Waals surface area contributed by atoms with Gasteiger partial charge in [0.25, 0.3) is 5.91 Å². The zero-order valence-corrected chi connectivity index (χ0v) is 19.7. The zero-order chi connectivity index (χ0) is 24.9. The molecular formula is C28H27N3O5. The molecule has 0 spiro atoms. The van der Waals surface area contributed by atoms with Gasteiger partial charge in [0.05, 0.1) is 6.54 Å². The van der Waals surface area contributed by atoms with E-state index in [2.05, 4.69) is 10.6 Å². The average Bonchev–Trinajstić information content (AvgIpc) is 3.48. The fraction of sp³-hybridized carbons (Fsp3) is 0.250. The number of ether oxygens (including phenoxy) is 2. The Hall–Kier alpha value is -4.33. The van der Waals surface area contributed by atoms with Crippen molar-refractivity contribution in [3.63, 3.8) is 0 Å². The Morgan fingerprint density at radius 3 is 2.31 bits per heavy atom. The molecule has 2 aliphatic heterocycles. The van der Waals surface area contributed by atoms with E-state index in [9.17, 15) is 14.4 Å². The zero-order valence-electron chi connectivity index (χ0n) is 19.7. The van der Waals surface area contributed by atoms with Crippen molar-refractivity contribution in [2.24, 2.45) is 0 Å². The molecule has 184 valence electrons. The van der Waals surface area contributed by atoms with Crippen LogP contribution < -0.4 is 20.1 Å². The minimum Gasteiger partial charge on any atom is -0.454 e. The second-order valence-corrected chi connectivity index (χ2v) is 8.83. The Morgan fingerprint density at radius 1 is 0.944 bits per heavy atom. The van der Waals surface area contributed by atoms with E-state index in [1.54, 1.807) is 18.2 Å². The molecule has 8 heteroatoms. The van der Waals surface area contributed by atoms with Crippen LogP contribution in [-0.4, -0.2) is 42.1 Å². The molecule has 1 unspecified atom stereocenters. The maximum atomic E-state index is 12.9. The molecule has 2 N–H and O–H groups in total. The number of nitrogens with one attached hydrogen (secondary N) is 2. The van der Waals surface area contributed by atoms with Gasteiger partial charge in [-0.1, -0.05) is 66.7 Å². The third kappa shape index (κ3) is 5.17. The second-order valence-electron chi connectivity index (χ2n) is 8.83. The van der Waals surface area contributed by atoms with E-state index in [1.807, 2.05) is 60.7 Å². The molecule has 2 aliphatic rings. The molecule has 1 saturated heterocycles. The van der Waals surface area contributed by atoms with Crippen LogP contribution in [0.1, 0.15) is 35.4 Å². The summed E-state index contributed by atoms with van der Waals surface area (Å²) >= 11 is 0. The van der Waals surface area contributed by atoms with Crippen LogP contribution in [0, 0.1) is 0 Å². The lowest BCUT2D eigenvalue weighted by Gasteiger charge is -2.19. The molecule has 2 heterocycles. The van der Waals surface area contributed by atoms with Gasteiger partial charge < -0.3 is 20.1 Å². The minimum absolute atomic E-state index is 0.0151. The van der Waals surface area contributed by atoms with Crippen LogP contribution in [-0.2, 0) is 16.1 Å². The van der Waals surface area contributed by atoms with Crippen LogP contribution >= 0.6 is 0 Å². The van der Waals surface area contributed by atoms with Crippen molar-refractivity contribution in [2.75, 3.05) is 13.3 Å². The number of fused-ring (bicyclic) bond motifs is 1. The highest BCUT2D eigenvalue weighted by Gasteiger charge is 2.38. The van der Waals surface area contributed by atoms with E-state index in [-0.39, 0.29) is 43.9 Å². The van der Waals surface area contributed by atoms with Gasteiger partial charge in [-0.2, -0.15) is 0 Å². The summed E-state index contributed by atoms with van der Waals surface area (Å²) in [5.74, 6) is 0.750. The number of amides is 4. The number of carbonyl (C=O) groups excluding carboxylic acids is 3. The summed E-state index contributed by atoms with van der Waals surface area (Å²) in [5.41, 5.74) is 2.98. The number of carbonyl (C=O) groups is 3.